The number of halogens is 2. The van der Waals surface area contributed by atoms with Gasteiger partial charge in [-0.2, -0.15) is 0 Å². The van der Waals surface area contributed by atoms with E-state index in [0.717, 1.165) is 5.56 Å². The van der Waals surface area contributed by atoms with Crippen LogP contribution in [0, 0.1) is 0 Å². The van der Waals surface area contributed by atoms with E-state index in [4.69, 9.17) is 27.6 Å². The number of furan rings is 1. The third-order valence-corrected chi connectivity index (χ3v) is 5.24. The minimum absolute atomic E-state index is 0.0391. The van der Waals surface area contributed by atoms with Gasteiger partial charge in [-0.25, -0.2) is 0 Å². The lowest BCUT2D eigenvalue weighted by atomic mass is 10.2. The van der Waals surface area contributed by atoms with Crippen molar-refractivity contribution in [2.24, 2.45) is 7.05 Å². The lowest BCUT2D eigenvalue weighted by Crippen LogP contribution is -2.29. The molecule has 0 saturated carbocycles. The van der Waals surface area contributed by atoms with E-state index in [-0.39, 0.29) is 18.0 Å². The van der Waals surface area contributed by atoms with Gasteiger partial charge in [0.05, 0.1) is 18.0 Å². The van der Waals surface area contributed by atoms with Gasteiger partial charge in [-0.15, -0.1) is 11.6 Å². The summed E-state index contributed by atoms with van der Waals surface area (Å²) in [6, 6.07) is 8.74. The Morgan fingerprint density at radius 3 is 2.70 bits per heavy atom. The smallest absolute Gasteiger partial charge is 0.257 e. The number of carbonyl (C=O) groups is 1. The van der Waals surface area contributed by atoms with Crippen molar-refractivity contribution in [3.63, 3.8) is 0 Å². The zero-order valence-electron chi connectivity index (χ0n) is 16.7. The third-order valence-electron chi connectivity index (χ3n) is 4.63. The highest BCUT2D eigenvalue weighted by Gasteiger charge is 2.18. The summed E-state index contributed by atoms with van der Waals surface area (Å²) in [5, 5.41) is 13.4. The first-order valence-electron chi connectivity index (χ1n) is 9.35. The van der Waals surface area contributed by atoms with Crippen LogP contribution in [0.5, 0.6) is 0 Å². The van der Waals surface area contributed by atoms with Gasteiger partial charge in [0.15, 0.2) is 0 Å². The number of nitrogens with zero attached hydrogens (tertiary/aromatic N) is 2. The largest absolute Gasteiger partial charge is 0.443 e. The van der Waals surface area contributed by atoms with Crippen LogP contribution in [0.2, 0.25) is 5.02 Å². The average Bonchev–Trinajstić information content (AvgIpc) is 3.14. The number of rotatable bonds is 8. The van der Waals surface area contributed by atoms with Gasteiger partial charge in [0, 0.05) is 37.2 Å². The fourth-order valence-electron chi connectivity index (χ4n) is 3.17. The average molecular weight is 452 g/mol. The Morgan fingerprint density at radius 1 is 1.33 bits per heavy atom. The van der Waals surface area contributed by atoms with Gasteiger partial charge in [0.1, 0.15) is 11.3 Å². The zero-order valence-corrected chi connectivity index (χ0v) is 18.2. The number of pyridine rings is 1. The van der Waals surface area contributed by atoms with Gasteiger partial charge in [0.25, 0.3) is 5.91 Å². The quantitative estimate of drug-likeness (QED) is 0.514. The summed E-state index contributed by atoms with van der Waals surface area (Å²) in [6.45, 7) is 1.04. The number of aryl methyl sites for hydroxylation is 1. The lowest BCUT2D eigenvalue weighted by molar-refractivity contribution is 0.0949. The van der Waals surface area contributed by atoms with Gasteiger partial charge in [-0.05, 0) is 30.8 Å². The topological polar surface area (TPSA) is 87.7 Å². The number of aliphatic hydroxyl groups excluding tert-OH is 1. The number of aliphatic hydroxyl groups is 1. The zero-order chi connectivity index (χ0) is 21.8. The molecule has 1 unspecified atom stereocenters. The molecule has 0 fully saturated rings. The molecular formula is C21H23Cl2N3O4. The maximum atomic E-state index is 12.9. The molecule has 0 aliphatic heterocycles. The number of alkyl halides is 1. The van der Waals surface area contributed by atoms with Gasteiger partial charge < -0.3 is 19.4 Å². The van der Waals surface area contributed by atoms with Crippen LogP contribution in [-0.4, -0.2) is 46.1 Å². The molecule has 7 nitrogen and oxygen atoms in total. The van der Waals surface area contributed by atoms with Crippen molar-refractivity contribution in [3.05, 3.63) is 68.7 Å². The van der Waals surface area contributed by atoms with E-state index in [1.165, 1.54) is 6.20 Å². The second-order valence-electron chi connectivity index (χ2n) is 7.23. The van der Waals surface area contributed by atoms with E-state index in [2.05, 4.69) is 5.32 Å². The predicted octanol–water partition coefficient (Wildman–Crippen LogP) is 2.75. The Hall–Kier alpha value is -2.32. The summed E-state index contributed by atoms with van der Waals surface area (Å²) in [7, 11) is 3.53. The normalized spacial score (nSPS) is 12.5. The SMILES string of the molecule is CN(Cc1cc2c(=O)c(C(=O)NCc3ccc(Cl)cc3)cn(C)c2o1)CC(O)CCl. The third kappa shape index (κ3) is 5.23. The van der Waals surface area contributed by atoms with Crippen molar-refractivity contribution < 1.29 is 14.3 Å². The van der Waals surface area contributed by atoms with Crippen LogP contribution in [0.15, 0.2) is 45.7 Å². The molecule has 2 aromatic heterocycles. The number of fused-ring (bicyclic) bond motifs is 1. The number of benzene rings is 1. The summed E-state index contributed by atoms with van der Waals surface area (Å²) in [6.07, 6.45) is 0.819. The Labute approximate surface area is 183 Å². The molecule has 1 atom stereocenters. The van der Waals surface area contributed by atoms with Crippen LogP contribution in [0.4, 0.5) is 0 Å². The molecule has 0 radical (unpaired) electrons. The molecule has 0 bridgehead atoms. The molecule has 160 valence electrons. The summed E-state index contributed by atoms with van der Waals surface area (Å²) in [4.78, 5) is 27.3. The highest BCUT2D eigenvalue weighted by Crippen LogP contribution is 2.18. The number of likely N-dealkylation sites (N-methyl/N-ethyl adjacent to an activating group) is 1. The van der Waals surface area contributed by atoms with Crippen LogP contribution in [0.3, 0.4) is 0 Å². The maximum absolute atomic E-state index is 12.9. The molecule has 9 heteroatoms. The Balaban J connectivity index is 1.79. The van der Waals surface area contributed by atoms with E-state index in [1.54, 1.807) is 29.8 Å². The van der Waals surface area contributed by atoms with Gasteiger partial charge >= 0.3 is 0 Å². The van der Waals surface area contributed by atoms with E-state index in [9.17, 15) is 14.7 Å². The lowest BCUT2D eigenvalue weighted by Gasteiger charge is -2.17. The number of aromatic nitrogens is 1. The number of amides is 1. The summed E-state index contributed by atoms with van der Waals surface area (Å²) >= 11 is 11.5. The first-order valence-corrected chi connectivity index (χ1v) is 10.3. The molecule has 0 spiro atoms. The van der Waals surface area contributed by atoms with Crippen LogP contribution in [0.1, 0.15) is 21.7 Å². The molecule has 0 aliphatic carbocycles. The standard InChI is InChI=1S/C21H23Cl2N3O4/c1-25(10-15(27)8-22)11-16-7-17-19(28)18(12-26(2)21(17)30-16)20(29)24-9-13-3-5-14(23)6-4-13/h3-7,12,15,27H,8-11H2,1-2H3,(H,24,29). The van der Waals surface area contributed by atoms with Crippen LogP contribution < -0.4 is 10.7 Å². The van der Waals surface area contributed by atoms with Gasteiger partial charge in [-0.1, -0.05) is 23.7 Å². The van der Waals surface area contributed by atoms with Crippen LogP contribution in [-0.2, 0) is 20.1 Å². The molecule has 1 aromatic carbocycles. The Morgan fingerprint density at radius 2 is 2.03 bits per heavy atom. The Bertz CT molecular complexity index is 1090. The van der Waals surface area contributed by atoms with E-state index in [1.807, 2.05) is 24.1 Å². The molecule has 30 heavy (non-hydrogen) atoms. The molecule has 0 saturated heterocycles. The number of hydrogen-bond donors (Lipinski definition) is 2. The number of carbonyl (C=O) groups excluding carboxylic acids is 1. The maximum Gasteiger partial charge on any atom is 0.257 e. The number of hydrogen-bond acceptors (Lipinski definition) is 5. The second-order valence-corrected chi connectivity index (χ2v) is 7.97. The van der Waals surface area contributed by atoms with Gasteiger partial charge in [0.2, 0.25) is 11.1 Å². The van der Waals surface area contributed by atoms with Crippen molar-refractivity contribution in [2.45, 2.75) is 19.2 Å². The van der Waals surface area contributed by atoms with Crippen LogP contribution >= 0.6 is 23.2 Å². The summed E-state index contributed by atoms with van der Waals surface area (Å²) in [5.74, 6) is 0.233. The molecule has 0 aliphatic rings. The molecule has 3 rings (SSSR count). The fourth-order valence-corrected chi connectivity index (χ4v) is 3.39. The van der Waals surface area contributed by atoms with Crippen molar-refractivity contribution in [1.82, 2.24) is 14.8 Å². The van der Waals surface area contributed by atoms with Crippen molar-refractivity contribution >= 4 is 40.2 Å². The fraction of sp³-hybridized carbons (Fsp3) is 0.333. The number of nitrogens with one attached hydrogen (secondary N) is 1. The van der Waals surface area contributed by atoms with Gasteiger partial charge in [-0.3, -0.25) is 14.5 Å². The first-order chi connectivity index (χ1) is 14.3. The first kappa shape index (κ1) is 22.4. The predicted molar refractivity (Wildman–Crippen MR) is 117 cm³/mol. The van der Waals surface area contributed by atoms with Crippen molar-refractivity contribution in [2.75, 3.05) is 19.5 Å². The second kappa shape index (κ2) is 9.66. The minimum Gasteiger partial charge on any atom is -0.443 e. The summed E-state index contributed by atoms with van der Waals surface area (Å²) in [5.41, 5.74) is 0.904. The van der Waals surface area contributed by atoms with Crippen molar-refractivity contribution in [3.8, 4) is 0 Å². The molecule has 2 N–H and O–H groups in total. The highest BCUT2D eigenvalue weighted by molar-refractivity contribution is 6.30. The highest BCUT2D eigenvalue weighted by atomic mass is 35.5. The van der Waals surface area contributed by atoms with Crippen molar-refractivity contribution in [1.29, 1.82) is 0 Å². The van der Waals surface area contributed by atoms with E-state index in [0.29, 0.717) is 35.0 Å². The monoisotopic (exact) mass is 451 g/mol. The molecule has 3 aromatic rings. The summed E-state index contributed by atoms with van der Waals surface area (Å²) < 4.78 is 7.42. The van der Waals surface area contributed by atoms with E-state index >= 15 is 0 Å². The van der Waals surface area contributed by atoms with E-state index < -0.39 is 17.4 Å². The Kier molecular flexibility index (Phi) is 7.20. The molecule has 1 amide bonds. The molecular weight excluding hydrogens is 429 g/mol. The minimum atomic E-state index is -0.650. The van der Waals surface area contributed by atoms with Crippen LogP contribution in [0.25, 0.3) is 11.1 Å². The molecule has 2 heterocycles.